The van der Waals surface area contributed by atoms with Gasteiger partial charge >= 0.3 is 0 Å². The molecular formula is C12H25NOS. The van der Waals surface area contributed by atoms with Crippen molar-refractivity contribution in [1.82, 2.24) is 5.32 Å². The minimum absolute atomic E-state index is 0.288. The van der Waals surface area contributed by atoms with E-state index in [0.717, 1.165) is 19.0 Å². The predicted octanol–water partition coefficient (Wildman–Crippen LogP) is 2.31. The zero-order valence-electron chi connectivity index (χ0n) is 10.1. The average molecular weight is 231 g/mol. The van der Waals surface area contributed by atoms with Gasteiger partial charge in [-0.25, -0.2) is 0 Å². The van der Waals surface area contributed by atoms with E-state index >= 15 is 0 Å². The van der Waals surface area contributed by atoms with Gasteiger partial charge in [-0.1, -0.05) is 25.7 Å². The van der Waals surface area contributed by atoms with Crippen LogP contribution in [-0.4, -0.2) is 28.8 Å². The van der Waals surface area contributed by atoms with E-state index in [9.17, 15) is 4.21 Å². The quantitative estimate of drug-likeness (QED) is 0.736. The van der Waals surface area contributed by atoms with Gasteiger partial charge in [0.1, 0.15) is 0 Å². The first kappa shape index (κ1) is 13.2. The zero-order valence-corrected chi connectivity index (χ0v) is 10.9. The summed E-state index contributed by atoms with van der Waals surface area (Å²) in [6, 6.07) is 0. The molecule has 1 rings (SSSR count). The minimum atomic E-state index is -0.683. The fourth-order valence-corrected chi connectivity index (χ4v) is 2.53. The highest BCUT2D eigenvalue weighted by Crippen LogP contribution is 2.21. The van der Waals surface area contributed by atoms with Crippen molar-refractivity contribution in [2.24, 2.45) is 5.92 Å². The molecule has 0 saturated heterocycles. The summed E-state index contributed by atoms with van der Waals surface area (Å²) in [6.45, 7) is 4.08. The Morgan fingerprint density at radius 3 is 2.40 bits per heavy atom. The second-order valence-electron chi connectivity index (χ2n) is 4.83. The third kappa shape index (κ3) is 5.67. The van der Waals surface area contributed by atoms with Crippen molar-refractivity contribution in [2.75, 3.05) is 19.3 Å². The lowest BCUT2D eigenvalue weighted by atomic mass is 10.0. The monoisotopic (exact) mass is 231 g/mol. The SMILES string of the molecule is CC(CNCC1CCCCCC1)S(C)=O. The molecule has 0 bridgehead atoms. The van der Waals surface area contributed by atoms with Crippen molar-refractivity contribution in [3.8, 4) is 0 Å². The first-order valence-electron chi connectivity index (χ1n) is 6.23. The molecule has 0 spiro atoms. The summed E-state index contributed by atoms with van der Waals surface area (Å²) in [5.41, 5.74) is 0. The first-order valence-corrected chi connectivity index (χ1v) is 7.85. The Bertz CT molecular complexity index is 188. The van der Waals surface area contributed by atoms with Crippen LogP contribution in [0.25, 0.3) is 0 Å². The van der Waals surface area contributed by atoms with Gasteiger partial charge in [0, 0.05) is 28.9 Å². The Morgan fingerprint density at radius 2 is 1.87 bits per heavy atom. The van der Waals surface area contributed by atoms with Gasteiger partial charge in [0.05, 0.1) is 0 Å². The van der Waals surface area contributed by atoms with E-state index in [1.54, 1.807) is 6.26 Å². The van der Waals surface area contributed by atoms with E-state index in [1.807, 2.05) is 0 Å². The molecule has 1 N–H and O–H groups in total. The smallest absolute Gasteiger partial charge is 0.0441 e. The molecule has 1 saturated carbocycles. The van der Waals surface area contributed by atoms with Crippen molar-refractivity contribution < 1.29 is 4.21 Å². The maximum absolute atomic E-state index is 11.2. The van der Waals surface area contributed by atoms with Crippen molar-refractivity contribution in [1.29, 1.82) is 0 Å². The molecule has 0 radical (unpaired) electrons. The van der Waals surface area contributed by atoms with Gasteiger partial charge in [-0.2, -0.15) is 0 Å². The van der Waals surface area contributed by atoms with Crippen LogP contribution in [0.15, 0.2) is 0 Å². The molecule has 90 valence electrons. The van der Waals surface area contributed by atoms with Crippen LogP contribution in [0.1, 0.15) is 45.4 Å². The molecule has 1 aliphatic rings. The minimum Gasteiger partial charge on any atom is -0.315 e. The molecule has 0 aromatic heterocycles. The molecule has 1 fully saturated rings. The van der Waals surface area contributed by atoms with E-state index in [-0.39, 0.29) is 5.25 Å². The molecule has 15 heavy (non-hydrogen) atoms. The van der Waals surface area contributed by atoms with Crippen LogP contribution in [0.2, 0.25) is 0 Å². The largest absolute Gasteiger partial charge is 0.315 e. The van der Waals surface area contributed by atoms with E-state index < -0.39 is 10.8 Å². The molecule has 1 aliphatic carbocycles. The van der Waals surface area contributed by atoms with Gasteiger partial charge in [-0.05, 0) is 32.2 Å². The van der Waals surface area contributed by atoms with Gasteiger partial charge in [0.15, 0.2) is 0 Å². The molecule has 0 amide bonds. The molecule has 2 nitrogen and oxygen atoms in total. The molecule has 2 atom stereocenters. The van der Waals surface area contributed by atoms with Crippen LogP contribution < -0.4 is 5.32 Å². The molecular weight excluding hydrogens is 206 g/mol. The average Bonchev–Trinajstić information content (AvgIpc) is 2.46. The lowest BCUT2D eigenvalue weighted by molar-refractivity contribution is 0.426. The fourth-order valence-electron chi connectivity index (χ4n) is 2.18. The summed E-state index contributed by atoms with van der Waals surface area (Å²) in [4.78, 5) is 0. The van der Waals surface area contributed by atoms with Gasteiger partial charge in [0.2, 0.25) is 0 Å². The molecule has 0 aromatic rings. The Morgan fingerprint density at radius 1 is 1.27 bits per heavy atom. The summed E-state index contributed by atoms with van der Waals surface area (Å²) in [5, 5.41) is 3.76. The summed E-state index contributed by atoms with van der Waals surface area (Å²) in [6.07, 6.45) is 10.2. The van der Waals surface area contributed by atoms with Gasteiger partial charge in [0.25, 0.3) is 0 Å². The Balaban J connectivity index is 2.10. The van der Waals surface area contributed by atoms with E-state index in [0.29, 0.717) is 0 Å². The normalized spacial score (nSPS) is 23.3. The molecule has 0 aromatic carbocycles. The van der Waals surface area contributed by atoms with Gasteiger partial charge < -0.3 is 5.32 Å². The van der Waals surface area contributed by atoms with E-state index in [2.05, 4.69) is 12.2 Å². The highest BCUT2D eigenvalue weighted by Gasteiger charge is 2.12. The van der Waals surface area contributed by atoms with Crippen LogP contribution in [0.5, 0.6) is 0 Å². The zero-order chi connectivity index (χ0) is 11.1. The number of rotatable bonds is 5. The van der Waals surface area contributed by atoms with Crippen LogP contribution >= 0.6 is 0 Å². The topological polar surface area (TPSA) is 29.1 Å². The second-order valence-corrected chi connectivity index (χ2v) is 6.63. The van der Waals surface area contributed by atoms with E-state index in [4.69, 9.17) is 0 Å². The summed E-state index contributed by atoms with van der Waals surface area (Å²) < 4.78 is 11.2. The summed E-state index contributed by atoms with van der Waals surface area (Å²) >= 11 is 0. The van der Waals surface area contributed by atoms with Crippen LogP contribution in [-0.2, 0) is 10.8 Å². The number of hydrogen-bond donors (Lipinski definition) is 1. The lowest BCUT2D eigenvalue weighted by Gasteiger charge is -2.16. The third-order valence-electron chi connectivity index (χ3n) is 3.41. The van der Waals surface area contributed by atoms with Gasteiger partial charge in [-0.15, -0.1) is 0 Å². The van der Waals surface area contributed by atoms with Crippen LogP contribution in [0.3, 0.4) is 0 Å². The molecule has 3 heteroatoms. The summed E-state index contributed by atoms with van der Waals surface area (Å²) in [5.74, 6) is 0.866. The van der Waals surface area contributed by atoms with Crippen molar-refractivity contribution in [2.45, 2.75) is 50.7 Å². The number of hydrogen-bond acceptors (Lipinski definition) is 2. The predicted molar refractivity (Wildman–Crippen MR) is 67.6 cm³/mol. The standard InChI is InChI=1S/C12H25NOS/c1-11(15(2)14)9-13-10-12-7-5-3-4-6-8-12/h11-13H,3-10H2,1-2H3. The van der Waals surface area contributed by atoms with Crippen molar-refractivity contribution in [3.63, 3.8) is 0 Å². The maximum Gasteiger partial charge on any atom is 0.0441 e. The molecule has 2 unspecified atom stereocenters. The maximum atomic E-state index is 11.2. The Kier molecular flexibility index (Phi) is 6.50. The van der Waals surface area contributed by atoms with Crippen LogP contribution in [0, 0.1) is 5.92 Å². The molecule has 0 aliphatic heterocycles. The lowest BCUT2D eigenvalue weighted by Crippen LogP contribution is -2.31. The fraction of sp³-hybridized carbons (Fsp3) is 1.00. The van der Waals surface area contributed by atoms with Crippen molar-refractivity contribution in [3.05, 3.63) is 0 Å². The van der Waals surface area contributed by atoms with E-state index in [1.165, 1.54) is 38.5 Å². The summed E-state index contributed by atoms with van der Waals surface area (Å²) in [7, 11) is -0.683. The van der Waals surface area contributed by atoms with Crippen molar-refractivity contribution >= 4 is 10.8 Å². The Hall–Kier alpha value is 0.110. The highest BCUT2D eigenvalue weighted by atomic mass is 32.2. The molecule has 0 heterocycles. The van der Waals surface area contributed by atoms with Gasteiger partial charge in [-0.3, -0.25) is 4.21 Å². The highest BCUT2D eigenvalue weighted by molar-refractivity contribution is 7.84. The second kappa shape index (κ2) is 7.39. The first-order chi connectivity index (χ1) is 7.20. The number of nitrogens with one attached hydrogen (secondary N) is 1. The third-order valence-corrected chi connectivity index (χ3v) is 4.71. The van der Waals surface area contributed by atoms with Crippen LogP contribution in [0.4, 0.5) is 0 Å². The Labute approximate surface area is 96.7 Å².